The Morgan fingerprint density at radius 3 is 2.55 bits per heavy atom. The highest BCUT2D eigenvalue weighted by atomic mass is 35.7. The second kappa shape index (κ2) is 5.41. The van der Waals surface area contributed by atoms with E-state index >= 15 is 0 Å². The van der Waals surface area contributed by atoms with Crippen LogP contribution in [0.15, 0.2) is 23.4 Å². The summed E-state index contributed by atoms with van der Waals surface area (Å²) in [7, 11) is 3.45. The minimum Gasteiger partial charge on any atom is -0.485 e. The van der Waals surface area contributed by atoms with E-state index in [1.54, 1.807) is 30.8 Å². The minimum absolute atomic E-state index is 0.0997. The molecule has 1 aromatic heterocycles. The summed E-state index contributed by atoms with van der Waals surface area (Å²) in [6.07, 6.45) is 1.58. The van der Waals surface area contributed by atoms with E-state index in [2.05, 4.69) is 10.2 Å². The first-order valence-corrected chi connectivity index (χ1v) is 8.12. The summed E-state index contributed by atoms with van der Waals surface area (Å²) in [4.78, 5) is 0.0997. The first-order chi connectivity index (χ1) is 9.30. The van der Waals surface area contributed by atoms with E-state index in [4.69, 9.17) is 15.4 Å². The molecule has 0 aliphatic rings. The normalized spacial score (nSPS) is 11.6. The molecule has 0 aliphatic heterocycles. The minimum atomic E-state index is -3.75. The molecule has 8 heteroatoms. The van der Waals surface area contributed by atoms with Crippen molar-refractivity contribution < 1.29 is 13.2 Å². The Balaban J connectivity index is 2.27. The van der Waals surface area contributed by atoms with Gasteiger partial charge in [-0.15, -0.1) is 10.2 Å². The third-order valence-electron chi connectivity index (χ3n) is 3.11. The molecule has 0 spiro atoms. The second-order valence-electron chi connectivity index (χ2n) is 4.40. The van der Waals surface area contributed by atoms with E-state index in [0.29, 0.717) is 17.1 Å². The topological polar surface area (TPSA) is 74.1 Å². The third kappa shape index (κ3) is 2.94. The highest BCUT2D eigenvalue weighted by molar-refractivity contribution is 8.13. The number of benzene rings is 1. The van der Waals surface area contributed by atoms with Gasteiger partial charge in [-0.25, -0.2) is 8.42 Å². The predicted octanol–water partition coefficient (Wildman–Crippen LogP) is 1.94. The summed E-state index contributed by atoms with van der Waals surface area (Å²) in [6.45, 7) is 3.73. The van der Waals surface area contributed by atoms with Crippen molar-refractivity contribution in [1.82, 2.24) is 14.8 Å². The summed E-state index contributed by atoms with van der Waals surface area (Å²) >= 11 is 0. The van der Waals surface area contributed by atoms with Crippen LogP contribution >= 0.6 is 10.7 Å². The molecule has 0 saturated carbocycles. The van der Waals surface area contributed by atoms with E-state index in [9.17, 15) is 8.42 Å². The van der Waals surface area contributed by atoms with Crippen molar-refractivity contribution in [2.75, 3.05) is 0 Å². The average Bonchev–Trinajstić information content (AvgIpc) is 2.75. The number of hydrogen-bond donors (Lipinski definition) is 0. The predicted molar refractivity (Wildman–Crippen MR) is 74.3 cm³/mol. The van der Waals surface area contributed by atoms with Crippen molar-refractivity contribution in [3.63, 3.8) is 0 Å². The Morgan fingerprint density at radius 2 is 2.00 bits per heavy atom. The van der Waals surface area contributed by atoms with Crippen molar-refractivity contribution >= 4 is 19.7 Å². The Kier molecular flexibility index (Phi) is 4.01. The smallest absolute Gasteiger partial charge is 0.261 e. The highest BCUT2D eigenvalue weighted by Crippen LogP contribution is 2.29. The molecule has 0 unspecified atom stereocenters. The first kappa shape index (κ1) is 14.8. The summed E-state index contributed by atoms with van der Waals surface area (Å²) < 4.78 is 30.2. The lowest BCUT2D eigenvalue weighted by atomic mass is 10.1. The second-order valence-corrected chi connectivity index (χ2v) is 6.93. The van der Waals surface area contributed by atoms with Gasteiger partial charge in [-0.1, -0.05) is 0 Å². The van der Waals surface area contributed by atoms with E-state index in [1.165, 1.54) is 6.07 Å². The lowest BCUT2D eigenvalue weighted by Crippen LogP contribution is -2.05. The van der Waals surface area contributed by atoms with Crippen LogP contribution in [-0.4, -0.2) is 23.2 Å². The van der Waals surface area contributed by atoms with Crippen LogP contribution in [0.3, 0.4) is 0 Å². The van der Waals surface area contributed by atoms with Gasteiger partial charge in [0.2, 0.25) is 0 Å². The lowest BCUT2D eigenvalue weighted by Gasteiger charge is -2.12. The number of aryl methyl sites for hydroxylation is 1. The fourth-order valence-electron chi connectivity index (χ4n) is 1.77. The van der Waals surface area contributed by atoms with Crippen molar-refractivity contribution in [2.24, 2.45) is 7.05 Å². The van der Waals surface area contributed by atoms with Gasteiger partial charge in [-0.3, -0.25) is 0 Å². The molecule has 1 aromatic carbocycles. The fourth-order valence-corrected chi connectivity index (χ4v) is 3.02. The van der Waals surface area contributed by atoms with E-state index in [-0.39, 0.29) is 11.5 Å². The van der Waals surface area contributed by atoms with Gasteiger partial charge in [0.05, 0.1) is 4.90 Å². The van der Waals surface area contributed by atoms with Gasteiger partial charge in [-0.05, 0) is 37.1 Å². The third-order valence-corrected chi connectivity index (χ3v) is 4.58. The Hall–Kier alpha value is -1.60. The number of nitrogens with zero attached hydrogens (tertiary/aromatic N) is 3. The molecule has 108 valence electrons. The molecule has 0 radical (unpaired) electrons. The van der Waals surface area contributed by atoms with Gasteiger partial charge < -0.3 is 9.30 Å². The first-order valence-electron chi connectivity index (χ1n) is 5.81. The van der Waals surface area contributed by atoms with Crippen molar-refractivity contribution in [2.45, 2.75) is 25.3 Å². The summed E-state index contributed by atoms with van der Waals surface area (Å²) in [6, 6.07) is 3.03. The van der Waals surface area contributed by atoms with Gasteiger partial charge in [0, 0.05) is 17.7 Å². The molecule has 0 saturated heterocycles. The molecule has 6 nitrogen and oxygen atoms in total. The molecule has 0 N–H and O–H groups in total. The number of hydrogen-bond acceptors (Lipinski definition) is 5. The van der Waals surface area contributed by atoms with Gasteiger partial charge in [-0.2, -0.15) is 0 Å². The molecule has 0 fully saturated rings. The van der Waals surface area contributed by atoms with Crippen LogP contribution < -0.4 is 4.74 Å². The van der Waals surface area contributed by atoms with Crippen LogP contribution in [0.5, 0.6) is 5.75 Å². The highest BCUT2D eigenvalue weighted by Gasteiger charge is 2.17. The van der Waals surface area contributed by atoms with Gasteiger partial charge >= 0.3 is 0 Å². The Labute approximate surface area is 121 Å². The van der Waals surface area contributed by atoms with Crippen molar-refractivity contribution in [1.29, 1.82) is 0 Å². The molecule has 1 heterocycles. The van der Waals surface area contributed by atoms with Gasteiger partial charge in [0.25, 0.3) is 9.05 Å². The molecule has 20 heavy (non-hydrogen) atoms. The number of rotatable bonds is 4. The standard InChI is InChI=1S/C12H14ClN3O3S/c1-8-9(2)11(20(13,17)18)5-4-10(8)19-6-12-15-14-7-16(12)3/h4-5,7H,6H2,1-3H3. The van der Waals surface area contributed by atoms with E-state index in [1.807, 2.05) is 7.05 Å². The summed E-state index contributed by atoms with van der Waals surface area (Å²) in [5.41, 5.74) is 1.31. The molecular weight excluding hydrogens is 302 g/mol. The van der Waals surface area contributed by atoms with Crippen LogP contribution in [0, 0.1) is 13.8 Å². The zero-order valence-electron chi connectivity index (χ0n) is 11.3. The number of aromatic nitrogens is 3. The molecule has 0 amide bonds. The quantitative estimate of drug-likeness (QED) is 0.806. The van der Waals surface area contributed by atoms with Crippen LogP contribution in [0.2, 0.25) is 0 Å². The SMILES string of the molecule is Cc1c(OCc2nncn2C)ccc(S(=O)(=O)Cl)c1C. The van der Waals surface area contributed by atoms with Gasteiger partial charge in [0.1, 0.15) is 18.7 Å². The molecule has 0 bridgehead atoms. The van der Waals surface area contributed by atoms with Crippen LogP contribution in [0.1, 0.15) is 17.0 Å². The Morgan fingerprint density at radius 1 is 1.30 bits per heavy atom. The summed E-state index contributed by atoms with van der Waals surface area (Å²) in [5.74, 6) is 1.27. The van der Waals surface area contributed by atoms with Crippen LogP contribution in [0.4, 0.5) is 0 Å². The number of ether oxygens (including phenoxy) is 1. The van der Waals surface area contributed by atoms with Crippen molar-refractivity contribution in [3.8, 4) is 5.75 Å². The molecule has 0 aliphatic carbocycles. The van der Waals surface area contributed by atoms with Gasteiger partial charge in [0.15, 0.2) is 5.82 Å². The average molecular weight is 316 g/mol. The van der Waals surface area contributed by atoms with Crippen LogP contribution in [0.25, 0.3) is 0 Å². The zero-order chi connectivity index (χ0) is 14.9. The Bertz CT molecular complexity index is 740. The maximum absolute atomic E-state index is 11.4. The maximum atomic E-state index is 11.4. The van der Waals surface area contributed by atoms with Crippen molar-refractivity contribution in [3.05, 3.63) is 35.4 Å². The molecule has 2 rings (SSSR count). The number of halogens is 1. The monoisotopic (exact) mass is 315 g/mol. The largest absolute Gasteiger partial charge is 0.485 e. The van der Waals surface area contributed by atoms with E-state index in [0.717, 1.165) is 5.56 Å². The maximum Gasteiger partial charge on any atom is 0.261 e. The summed E-state index contributed by atoms with van der Waals surface area (Å²) in [5, 5.41) is 7.67. The fraction of sp³-hybridized carbons (Fsp3) is 0.333. The van der Waals surface area contributed by atoms with E-state index < -0.39 is 9.05 Å². The lowest BCUT2D eigenvalue weighted by molar-refractivity contribution is 0.289. The molecule has 2 aromatic rings. The van der Waals surface area contributed by atoms with Crippen LogP contribution in [-0.2, 0) is 22.7 Å². The molecular formula is C12H14ClN3O3S. The molecule has 0 atom stereocenters. The zero-order valence-corrected chi connectivity index (χ0v) is 12.9.